The molecular formula is C36H48FN3O4Si. The van der Waals surface area contributed by atoms with Gasteiger partial charge < -0.3 is 24.8 Å². The number of rotatable bonds is 15. The predicted molar refractivity (Wildman–Crippen MR) is 186 cm³/mol. The Bertz CT molecular complexity index is 1450. The van der Waals surface area contributed by atoms with Crippen LogP contribution < -0.4 is 15.4 Å². The summed E-state index contributed by atoms with van der Waals surface area (Å²) < 4.78 is 31.5. The SMILES string of the molecule is CC/C(=C(/c1ccc(OCCNC(=O)OC(C)(C)C)cc1)c1ccc(NCOCC[Si](C)(C)C)c(C(=N)F)c1)c1ccccc1. The lowest BCUT2D eigenvalue weighted by Crippen LogP contribution is -2.34. The second kappa shape index (κ2) is 16.4. The van der Waals surface area contributed by atoms with Crippen molar-refractivity contribution in [2.24, 2.45) is 0 Å². The number of carbonyl (C=O) groups is 1. The van der Waals surface area contributed by atoms with Crippen molar-refractivity contribution in [1.29, 1.82) is 5.41 Å². The number of hydrogen-bond donors (Lipinski definition) is 3. The Morgan fingerprint density at radius 1 is 0.911 bits per heavy atom. The zero-order valence-electron chi connectivity index (χ0n) is 27.7. The number of amides is 1. The second-order valence-corrected chi connectivity index (χ2v) is 18.6. The minimum absolute atomic E-state index is 0.180. The highest BCUT2D eigenvalue weighted by Gasteiger charge is 2.18. The highest BCUT2D eigenvalue weighted by Crippen LogP contribution is 2.36. The van der Waals surface area contributed by atoms with E-state index >= 15 is 0 Å². The van der Waals surface area contributed by atoms with Crippen molar-refractivity contribution in [1.82, 2.24) is 5.32 Å². The average Bonchev–Trinajstić information content (AvgIpc) is 2.97. The smallest absolute Gasteiger partial charge is 0.407 e. The van der Waals surface area contributed by atoms with Gasteiger partial charge >= 0.3 is 6.09 Å². The molecule has 1 amide bonds. The molecule has 3 rings (SSSR count). The molecule has 0 aliphatic rings. The molecule has 0 heterocycles. The molecule has 0 aliphatic heterocycles. The third-order valence-corrected chi connectivity index (χ3v) is 8.57. The molecule has 7 nitrogen and oxygen atoms in total. The van der Waals surface area contributed by atoms with Crippen molar-refractivity contribution in [2.45, 2.75) is 65.4 Å². The molecule has 0 aliphatic carbocycles. The number of nitrogens with one attached hydrogen (secondary N) is 3. The van der Waals surface area contributed by atoms with Crippen molar-refractivity contribution in [2.75, 3.05) is 31.8 Å². The largest absolute Gasteiger partial charge is 0.492 e. The molecule has 0 unspecified atom stereocenters. The third-order valence-electron chi connectivity index (χ3n) is 6.87. The van der Waals surface area contributed by atoms with Gasteiger partial charge in [0.15, 0.2) is 0 Å². The summed E-state index contributed by atoms with van der Waals surface area (Å²) in [5.41, 5.74) is 4.97. The first kappa shape index (κ1) is 35.5. The second-order valence-electron chi connectivity index (χ2n) is 13.0. The van der Waals surface area contributed by atoms with E-state index in [9.17, 15) is 9.18 Å². The van der Waals surface area contributed by atoms with E-state index in [4.69, 9.17) is 19.6 Å². The van der Waals surface area contributed by atoms with Crippen molar-refractivity contribution in [3.8, 4) is 5.75 Å². The maximum Gasteiger partial charge on any atom is 0.407 e. The van der Waals surface area contributed by atoms with Crippen molar-refractivity contribution in [3.05, 3.63) is 95.1 Å². The minimum atomic E-state index is -1.21. The Hall–Kier alpha value is -3.95. The summed E-state index contributed by atoms with van der Waals surface area (Å²) in [5, 5.41) is 13.8. The van der Waals surface area contributed by atoms with Gasteiger partial charge in [-0.15, -0.1) is 0 Å². The van der Waals surface area contributed by atoms with E-state index < -0.39 is 25.7 Å². The molecule has 0 saturated heterocycles. The molecule has 0 aromatic heterocycles. The molecule has 0 spiro atoms. The van der Waals surface area contributed by atoms with E-state index in [1.54, 1.807) is 6.07 Å². The molecule has 3 aromatic carbocycles. The fraction of sp³-hybridized carbons (Fsp3) is 0.389. The van der Waals surface area contributed by atoms with Gasteiger partial charge in [0, 0.05) is 20.4 Å². The first-order valence-electron chi connectivity index (χ1n) is 15.5. The standard InChI is InChI=1S/C36H48FN3O4Si/c1-8-30(26-12-10-9-11-13-26)33(27-14-17-29(18-15-27)43-21-20-39-35(41)44-36(2,3)4)28-16-19-32(31(24-28)34(37)38)40-25-42-22-23-45(5,6)7/h9-19,24,38,40H,8,20-23,25H2,1-7H3,(H,39,41)/b33-30+,38-34?. The van der Waals surface area contributed by atoms with Crippen molar-refractivity contribution >= 4 is 37.0 Å². The fourth-order valence-corrected chi connectivity index (χ4v) is 5.41. The van der Waals surface area contributed by atoms with Gasteiger partial charge in [0.05, 0.1) is 12.1 Å². The number of allylic oxidation sites excluding steroid dienone is 1. The maximum absolute atomic E-state index is 14.7. The molecule has 0 fully saturated rings. The quantitative estimate of drug-likeness (QED) is 0.0511. The van der Waals surface area contributed by atoms with Crippen LogP contribution in [0.25, 0.3) is 11.1 Å². The molecule has 242 valence electrons. The van der Waals surface area contributed by atoms with Crippen molar-refractivity contribution < 1.29 is 23.4 Å². The Morgan fingerprint density at radius 3 is 2.18 bits per heavy atom. The molecule has 0 bridgehead atoms. The fourth-order valence-electron chi connectivity index (χ4n) is 4.65. The molecular weight excluding hydrogens is 585 g/mol. The summed E-state index contributed by atoms with van der Waals surface area (Å²) in [6.07, 6.45) is 0.252. The first-order chi connectivity index (χ1) is 21.3. The topological polar surface area (TPSA) is 92.7 Å². The zero-order chi connectivity index (χ0) is 33.0. The van der Waals surface area contributed by atoms with Gasteiger partial charge in [0.2, 0.25) is 5.97 Å². The predicted octanol–water partition coefficient (Wildman–Crippen LogP) is 8.98. The first-order valence-corrected chi connectivity index (χ1v) is 19.2. The summed E-state index contributed by atoms with van der Waals surface area (Å²) in [4.78, 5) is 11.9. The number of carbonyl (C=O) groups excluding carboxylic acids is 1. The van der Waals surface area contributed by atoms with Crippen LogP contribution in [0.4, 0.5) is 14.9 Å². The summed E-state index contributed by atoms with van der Waals surface area (Å²) in [5.74, 6) is -0.357. The van der Waals surface area contributed by atoms with E-state index in [1.807, 2.05) is 75.4 Å². The summed E-state index contributed by atoms with van der Waals surface area (Å²) in [6, 6.07) is 24.4. The van der Waals surface area contributed by atoms with Gasteiger partial charge in [0.1, 0.15) is 24.7 Å². The number of anilines is 1. The number of ether oxygens (including phenoxy) is 3. The van der Waals surface area contributed by atoms with Crippen LogP contribution in [-0.2, 0) is 9.47 Å². The van der Waals surface area contributed by atoms with Crippen LogP contribution >= 0.6 is 0 Å². The number of halogens is 1. The molecule has 3 aromatic rings. The van der Waals surface area contributed by atoms with Gasteiger partial charge in [-0.3, -0.25) is 5.41 Å². The molecule has 45 heavy (non-hydrogen) atoms. The van der Waals surface area contributed by atoms with Crippen LogP contribution in [0.3, 0.4) is 0 Å². The number of alkyl carbamates (subject to hydrolysis) is 1. The highest BCUT2D eigenvalue weighted by atomic mass is 28.3. The van der Waals surface area contributed by atoms with E-state index in [0.717, 1.165) is 40.3 Å². The number of hydrogen-bond acceptors (Lipinski definition) is 6. The maximum atomic E-state index is 14.7. The van der Waals surface area contributed by atoms with Crippen LogP contribution in [-0.4, -0.2) is 52.2 Å². The normalized spacial score (nSPS) is 12.3. The summed E-state index contributed by atoms with van der Waals surface area (Å²) >= 11 is 0. The van der Waals surface area contributed by atoms with E-state index in [0.29, 0.717) is 24.6 Å². The van der Waals surface area contributed by atoms with Gasteiger partial charge in [-0.05, 0) is 85.3 Å². The lowest BCUT2D eigenvalue weighted by Gasteiger charge is -2.20. The molecule has 0 radical (unpaired) electrons. The van der Waals surface area contributed by atoms with Crippen LogP contribution in [0.1, 0.15) is 56.4 Å². The zero-order valence-corrected chi connectivity index (χ0v) is 28.7. The lowest BCUT2D eigenvalue weighted by molar-refractivity contribution is 0.0520. The monoisotopic (exact) mass is 633 g/mol. The molecule has 9 heteroatoms. The Labute approximate surface area is 268 Å². The number of benzene rings is 3. The van der Waals surface area contributed by atoms with E-state index in [1.165, 1.54) is 0 Å². The van der Waals surface area contributed by atoms with E-state index in [-0.39, 0.29) is 18.9 Å². The van der Waals surface area contributed by atoms with E-state index in [2.05, 4.69) is 49.3 Å². The van der Waals surface area contributed by atoms with Crippen LogP contribution in [0.2, 0.25) is 25.7 Å². The molecule has 0 atom stereocenters. The van der Waals surface area contributed by atoms with Crippen LogP contribution in [0, 0.1) is 5.41 Å². The van der Waals surface area contributed by atoms with Crippen molar-refractivity contribution in [3.63, 3.8) is 0 Å². The third kappa shape index (κ3) is 11.8. The highest BCUT2D eigenvalue weighted by molar-refractivity contribution is 6.76. The van der Waals surface area contributed by atoms with Gasteiger partial charge in [0.25, 0.3) is 0 Å². The van der Waals surface area contributed by atoms with Gasteiger partial charge in [-0.25, -0.2) is 4.79 Å². The molecule has 0 saturated carbocycles. The Kier molecular flexibility index (Phi) is 12.9. The average molecular weight is 634 g/mol. The van der Waals surface area contributed by atoms with Crippen LogP contribution in [0.15, 0.2) is 72.8 Å². The Morgan fingerprint density at radius 2 is 1.58 bits per heavy atom. The van der Waals surface area contributed by atoms with Gasteiger partial charge in [-0.2, -0.15) is 4.39 Å². The van der Waals surface area contributed by atoms with Crippen LogP contribution in [0.5, 0.6) is 5.75 Å². The molecule has 3 N–H and O–H groups in total. The summed E-state index contributed by atoms with van der Waals surface area (Å²) in [6.45, 7) is 15.9. The summed E-state index contributed by atoms with van der Waals surface area (Å²) in [7, 11) is -1.21. The Balaban J connectivity index is 1.87. The minimum Gasteiger partial charge on any atom is -0.492 e. The lowest BCUT2D eigenvalue weighted by atomic mass is 9.87. The van der Waals surface area contributed by atoms with Gasteiger partial charge in [-0.1, -0.05) is 75.1 Å².